The highest BCUT2D eigenvalue weighted by Gasteiger charge is 2.53. The van der Waals surface area contributed by atoms with Crippen molar-refractivity contribution < 1.29 is 9.90 Å². The van der Waals surface area contributed by atoms with E-state index in [9.17, 15) is 15.2 Å². The second-order valence-electron chi connectivity index (χ2n) is 7.27. The van der Waals surface area contributed by atoms with E-state index in [1.165, 1.54) is 0 Å². The molecule has 2 fully saturated rings. The Balaban J connectivity index is 1.78. The van der Waals surface area contributed by atoms with Crippen LogP contribution in [0.15, 0.2) is 24.3 Å². The van der Waals surface area contributed by atoms with Crippen LogP contribution in [-0.4, -0.2) is 34.6 Å². The van der Waals surface area contributed by atoms with Gasteiger partial charge >= 0.3 is 0 Å². The standard InChI is InChI=1S/C21H24N2O2/c1-14(2)6-7-15-8-10-16(11-9-15)20-18(12-22)23(19(20)13-24)21(25)17-4-3-5-17/h8-11,14,17-20,24H,3-5,13H2,1-2H3/t18-,19+,20-/m1/s1. The molecule has 0 bridgehead atoms. The molecule has 0 spiro atoms. The smallest absolute Gasteiger partial charge is 0.227 e. The van der Waals surface area contributed by atoms with Crippen LogP contribution >= 0.6 is 0 Å². The third kappa shape index (κ3) is 3.28. The summed E-state index contributed by atoms with van der Waals surface area (Å²) in [6.45, 7) is 3.98. The van der Waals surface area contributed by atoms with Crippen LogP contribution in [-0.2, 0) is 4.79 Å². The molecule has 4 nitrogen and oxygen atoms in total. The van der Waals surface area contributed by atoms with Crippen molar-refractivity contribution in [2.45, 2.75) is 51.1 Å². The second kappa shape index (κ2) is 7.30. The van der Waals surface area contributed by atoms with Gasteiger partial charge in [-0.05, 0) is 30.5 Å². The van der Waals surface area contributed by atoms with Crippen LogP contribution in [0.2, 0.25) is 0 Å². The number of carbonyl (C=O) groups is 1. The number of aliphatic hydroxyl groups is 1. The molecule has 2 aliphatic rings. The number of benzene rings is 1. The highest BCUT2D eigenvalue weighted by Crippen LogP contribution is 2.43. The minimum absolute atomic E-state index is 0.0347. The number of aliphatic hydroxyl groups excluding tert-OH is 1. The fraction of sp³-hybridized carbons (Fsp3) is 0.524. The average molecular weight is 336 g/mol. The number of hydrogen-bond acceptors (Lipinski definition) is 3. The van der Waals surface area contributed by atoms with Crippen molar-refractivity contribution in [1.29, 1.82) is 5.26 Å². The molecule has 130 valence electrons. The quantitative estimate of drug-likeness (QED) is 0.863. The number of hydrogen-bond donors (Lipinski definition) is 1. The van der Waals surface area contributed by atoms with E-state index in [2.05, 4.69) is 17.9 Å². The van der Waals surface area contributed by atoms with Crippen LogP contribution in [0, 0.1) is 35.0 Å². The van der Waals surface area contributed by atoms with Crippen molar-refractivity contribution in [2.75, 3.05) is 6.61 Å². The molecule has 1 aliphatic heterocycles. The first kappa shape index (κ1) is 17.5. The lowest BCUT2D eigenvalue weighted by Gasteiger charge is -2.53. The molecule has 1 aromatic rings. The van der Waals surface area contributed by atoms with Gasteiger partial charge in [0.15, 0.2) is 0 Å². The summed E-state index contributed by atoms with van der Waals surface area (Å²) in [5.41, 5.74) is 1.92. The van der Waals surface area contributed by atoms with Crippen molar-refractivity contribution in [2.24, 2.45) is 11.8 Å². The Kier molecular flexibility index (Phi) is 5.11. The lowest BCUT2D eigenvalue weighted by atomic mass is 9.73. The van der Waals surface area contributed by atoms with Crippen LogP contribution in [0.3, 0.4) is 0 Å². The normalized spacial score (nSPS) is 25.4. The summed E-state index contributed by atoms with van der Waals surface area (Å²) in [5, 5.41) is 19.4. The SMILES string of the molecule is CC(C)C#Cc1ccc([C@@H]2[C@@H](C#N)N(C(=O)C3CCC3)[C@H]2CO)cc1. The molecule has 0 radical (unpaired) electrons. The number of carbonyl (C=O) groups excluding carboxylic acids is 1. The minimum atomic E-state index is -0.488. The van der Waals surface area contributed by atoms with Crippen molar-refractivity contribution in [3.05, 3.63) is 35.4 Å². The van der Waals surface area contributed by atoms with Gasteiger partial charge in [-0.25, -0.2) is 0 Å². The predicted octanol–water partition coefficient (Wildman–Crippen LogP) is 2.67. The van der Waals surface area contributed by atoms with Crippen molar-refractivity contribution in [3.63, 3.8) is 0 Å². The van der Waals surface area contributed by atoms with Gasteiger partial charge in [0.2, 0.25) is 5.91 Å². The molecule has 0 aromatic heterocycles. The van der Waals surface area contributed by atoms with E-state index in [1.807, 2.05) is 38.1 Å². The van der Waals surface area contributed by atoms with Crippen molar-refractivity contribution >= 4 is 5.91 Å². The fourth-order valence-electron chi connectivity index (χ4n) is 3.59. The Morgan fingerprint density at radius 1 is 1.32 bits per heavy atom. The first-order chi connectivity index (χ1) is 12.1. The van der Waals surface area contributed by atoms with E-state index in [4.69, 9.17) is 0 Å². The summed E-state index contributed by atoms with van der Waals surface area (Å²) in [6.07, 6.45) is 2.88. The predicted molar refractivity (Wildman–Crippen MR) is 95.4 cm³/mol. The second-order valence-corrected chi connectivity index (χ2v) is 7.27. The minimum Gasteiger partial charge on any atom is -0.394 e. The van der Waals surface area contributed by atoms with Gasteiger partial charge in [-0.15, -0.1) is 0 Å². The maximum atomic E-state index is 12.6. The summed E-state index contributed by atoms with van der Waals surface area (Å²) in [4.78, 5) is 14.2. The molecule has 4 heteroatoms. The van der Waals surface area contributed by atoms with E-state index < -0.39 is 6.04 Å². The van der Waals surface area contributed by atoms with Gasteiger partial charge in [0.1, 0.15) is 6.04 Å². The molecule has 0 unspecified atom stereocenters. The summed E-state index contributed by atoms with van der Waals surface area (Å²) in [5.74, 6) is 6.52. The van der Waals surface area contributed by atoms with Crippen LogP contribution in [0.5, 0.6) is 0 Å². The highest BCUT2D eigenvalue weighted by atomic mass is 16.3. The topological polar surface area (TPSA) is 64.3 Å². The fourth-order valence-corrected chi connectivity index (χ4v) is 3.59. The largest absolute Gasteiger partial charge is 0.394 e. The Hall–Kier alpha value is -2.30. The van der Waals surface area contributed by atoms with Gasteiger partial charge in [0, 0.05) is 23.3 Å². The molecular formula is C21H24N2O2. The van der Waals surface area contributed by atoms with Gasteiger partial charge in [-0.1, -0.05) is 44.2 Å². The Morgan fingerprint density at radius 3 is 2.48 bits per heavy atom. The zero-order valence-corrected chi connectivity index (χ0v) is 14.8. The highest BCUT2D eigenvalue weighted by molar-refractivity contribution is 5.82. The van der Waals surface area contributed by atoms with Gasteiger partial charge in [-0.3, -0.25) is 4.79 Å². The molecular weight excluding hydrogens is 312 g/mol. The molecule has 3 rings (SSSR count). The first-order valence-electron chi connectivity index (χ1n) is 9.01. The lowest BCUT2D eigenvalue weighted by molar-refractivity contribution is -0.154. The molecule has 3 atom stereocenters. The van der Waals surface area contributed by atoms with E-state index >= 15 is 0 Å². The zero-order chi connectivity index (χ0) is 18.0. The molecule has 1 N–H and O–H groups in total. The number of nitriles is 1. The first-order valence-corrected chi connectivity index (χ1v) is 9.01. The van der Waals surface area contributed by atoms with Crippen LogP contribution in [0.1, 0.15) is 50.2 Å². The van der Waals surface area contributed by atoms with E-state index in [-0.39, 0.29) is 30.4 Å². The third-order valence-corrected chi connectivity index (χ3v) is 5.24. The third-order valence-electron chi connectivity index (χ3n) is 5.24. The van der Waals surface area contributed by atoms with Gasteiger partial charge in [0.25, 0.3) is 0 Å². The molecule has 1 amide bonds. The van der Waals surface area contributed by atoms with E-state index in [0.29, 0.717) is 5.92 Å². The van der Waals surface area contributed by atoms with Gasteiger partial charge in [-0.2, -0.15) is 5.26 Å². The number of rotatable bonds is 3. The summed E-state index contributed by atoms with van der Waals surface area (Å²) in [6, 6.07) is 9.31. The Bertz CT molecular complexity index is 732. The Labute approximate surface area is 149 Å². The van der Waals surface area contributed by atoms with Gasteiger partial charge in [0.05, 0.1) is 18.7 Å². The molecule has 1 aromatic carbocycles. The van der Waals surface area contributed by atoms with Crippen LogP contribution in [0.25, 0.3) is 0 Å². The van der Waals surface area contributed by atoms with Crippen molar-refractivity contribution in [1.82, 2.24) is 4.90 Å². The number of likely N-dealkylation sites (tertiary alicyclic amines) is 1. The summed E-state index contributed by atoms with van der Waals surface area (Å²) >= 11 is 0. The van der Waals surface area contributed by atoms with Crippen LogP contribution in [0.4, 0.5) is 0 Å². The number of nitrogens with zero attached hydrogens (tertiary/aromatic N) is 2. The lowest BCUT2D eigenvalue weighted by Crippen LogP contribution is -2.66. The summed E-state index contributed by atoms with van der Waals surface area (Å²) < 4.78 is 0. The Morgan fingerprint density at radius 2 is 2.00 bits per heavy atom. The van der Waals surface area contributed by atoms with Crippen LogP contribution < -0.4 is 0 Å². The maximum Gasteiger partial charge on any atom is 0.227 e. The van der Waals surface area contributed by atoms with E-state index in [0.717, 1.165) is 30.4 Å². The summed E-state index contributed by atoms with van der Waals surface area (Å²) in [7, 11) is 0. The molecule has 25 heavy (non-hydrogen) atoms. The van der Waals surface area contributed by atoms with E-state index in [1.54, 1.807) is 4.90 Å². The maximum absolute atomic E-state index is 12.6. The molecule has 1 saturated heterocycles. The zero-order valence-electron chi connectivity index (χ0n) is 14.8. The average Bonchev–Trinajstić information content (AvgIpc) is 2.52. The molecule has 1 saturated carbocycles. The number of amides is 1. The monoisotopic (exact) mass is 336 g/mol. The van der Waals surface area contributed by atoms with Crippen molar-refractivity contribution in [3.8, 4) is 17.9 Å². The van der Waals surface area contributed by atoms with Gasteiger partial charge < -0.3 is 10.0 Å². The molecule has 1 heterocycles. The molecule has 1 aliphatic carbocycles.